The van der Waals surface area contributed by atoms with Gasteiger partial charge >= 0.3 is 0 Å². The van der Waals surface area contributed by atoms with Gasteiger partial charge in [0.2, 0.25) is 0 Å². The summed E-state index contributed by atoms with van der Waals surface area (Å²) in [6.45, 7) is 5.95. The van der Waals surface area contributed by atoms with Gasteiger partial charge < -0.3 is 4.74 Å². The number of benzene rings is 1. The van der Waals surface area contributed by atoms with E-state index in [0.29, 0.717) is 0 Å². The van der Waals surface area contributed by atoms with Crippen molar-refractivity contribution in [2.24, 2.45) is 17.8 Å². The van der Waals surface area contributed by atoms with Crippen LogP contribution in [0, 0.1) is 17.8 Å². The van der Waals surface area contributed by atoms with Crippen LogP contribution in [-0.4, -0.2) is 6.61 Å². The standard InChI is InChI=1S/C25H38O/c1-3-5-20-6-10-22(11-7-20)24-14-16-25(17-15-24)23-12-8-21(9-13-23)19-26-18-4-2/h3,5,8-9,12-13,20,22,24-25H,4,6-7,10-11,14-19H2,1-2H3/b5-3-. The molecule has 0 radical (unpaired) electrons. The Morgan fingerprint density at radius 1 is 0.885 bits per heavy atom. The molecule has 1 heteroatoms. The van der Waals surface area contributed by atoms with Gasteiger partial charge in [-0.1, -0.05) is 43.3 Å². The quantitative estimate of drug-likeness (QED) is 0.369. The first-order chi connectivity index (χ1) is 12.8. The van der Waals surface area contributed by atoms with Gasteiger partial charge in [-0.2, -0.15) is 0 Å². The van der Waals surface area contributed by atoms with Gasteiger partial charge in [0.05, 0.1) is 6.61 Å². The van der Waals surface area contributed by atoms with Gasteiger partial charge in [0, 0.05) is 6.61 Å². The Hall–Kier alpha value is -1.08. The minimum Gasteiger partial charge on any atom is -0.377 e. The third-order valence-corrected chi connectivity index (χ3v) is 6.79. The highest BCUT2D eigenvalue weighted by Gasteiger charge is 2.30. The molecule has 0 heterocycles. The van der Waals surface area contributed by atoms with Gasteiger partial charge in [-0.25, -0.2) is 0 Å². The van der Waals surface area contributed by atoms with Crippen LogP contribution in [0.25, 0.3) is 0 Å². The second-order valence-electron chi connectivity index (χ2n) is 8.61. The molecule has 1 nitrogen and oxygen atoms in total. The molecule has 2 saturated carbocycles. The zero-order valence-electron chi connectivity index (χ0n) is 17.0. The van der Waals surface area contributed by atoms with Crippen molar-refractivity contribution in [1.82, 2.24) is 0 Å². The SMILES string of the molecule is C/C=C\C1CCC(C2CCC(c3ccc(COCCC)cc3)CC2)CC1. The lowest BCUT2D eigenvalue weighted by Crippen LogP contribution is -2.25. The molecule has 0 amide bonds. The van der Waals surface area contributed by atoms with E-state index in [1.54, 1.807) is 5.56 Å². The van der Waals surface area contributed by atoms with Gasteiger partial charge in [-0.15, -0.1) is 0 Å². The first-order valence-electron chi connectivity index (χ1n) is 11.1. The molecule has 0 N–H and O–H groups in total. The Balaban J connectivity index is 1.43. The Kier molecular flexibility index (Phi) is 7.80. The Morgan fingerprint density at radius 2 is 1.50 bits per heavy atom. The fourth-order valence-corrected chi connectivity index (χ4v) is 5.23. The largest absolute Gasteiger partial charge is 0.377 e. The molecule has 0 aromatic heterocycles. The van der Waals surface area contributed by atoms with E-state index in [2.05, 4.69) is 50.3 Å². The van der Waals surface area contributed by atoms with Crippen molar-refractivity contribution in [2.75, 3.05) is 6.61 Å². The summed E-state index contributed by atoms with van der Waals surface area (Å²) < 4.78 is 5.65. The van der Waals surface area contributed by atoms with E-state index in [4.69, 9.17) is 4.74 Å². The van der Waals surface area contributed by atoms with Crippen LogP contribution in [0.4, 0.5) is 0 Å². The van der Waals surface area contributed by atoms with E-state index >= 15 is 0 Å². The molecule has 26 heavy (non-hydrogen) atoms. The van der Waals surface area contributed by atoms with Crippen molar-refractivity contribution in [2.45, 2.75) is 84.2 Å². The zero-order valence-corrected chi connectivity index (χ0v) is 17.0. The highest BCUT2D eigenvalue weighted by atomic mass is 16.5. The summed E-state index contributed by atoms with van der Waals surface area (Å²) >= 11 is 0. The van der Waals surface area contributed by atoms with Crippen LogP contribution < -0.4 is 0 Å². The monoisotopic (exact) mass is 354 g/mol. The Morgan fingerprint density at radius 3 is 2.08 bits per heavy atom. The third-order valence-electron chi connectivity index (χ3n) is 6.79. The second-order valence-corrected chi connectivity index (χ2v) is 8.61. The van der Waals surface area contributed by atoms with Crippen molar-refractivity contribution in [3.05, 3.63) is 47.5 Å². The van der Waals surface area contributed by atoms with Gasteiger partial charge in [-0.05, 0) is 99.5 Å². The molecule has 2 aliphatic rings. The molecule has 0 bridgehead atoms. The fourth-order valence-electron chi connectivity index (χ4n) is 5.23. The number of allylic oxidation sites excluding steroid dienone is 2. The predicted octanol–water partition coefficient (Wildman–Crippen LogP) is 7.27. The Labute approximate surface area is 161 Å². The van der Waals surface area contributed by atoms with E-state index < -0.39 is 0 Å². The van der Waals surface area contributed by atoms with E-state index in [1.165, 1.54) is 56.9 Å². The highest BCUT2D eigenvalue weighted by Crippen LogP contribution is 2.44. The van der Waals surface area contributed by atoms with Gasteiger partial charge in [0.15, 0.2) is 0 Å². The van der Waals surface area contributed by atoms with Crippen molar-refractivity contribution in [3.63, 3.8) is 0 Å². The summed E-state index contributed by atoms with van der Waals surface area (Å²) in [5, 5.41) is 0. The van der Waals surface area contributed by atoms with E-state index in [-0.39, 0.29) is 0 Å². The minimum atomic E-state index is 0.761. The smallest absolute Gasteiger partial charge is 0.0716 e. The second kappa shape index (κ2) is 10.3. The van der Waals surface area contributed by atoms with Crippen molar-refractivity contribution in [3.8, 4) is 0 Å². The fraction of sp³-hybridized carbons (Fsp3) is 0.680. The molecule has 1 aromatic rings. The maximum Gasteiger partial charge on any atom is 0.0716 e. The summed E-state index contributed by atoms with van der Waals surface area (Å²) in [5.74, 6) is 3.67. The van der Waals surface area contributed by atoms with E-state index in [1.807, 2.05) is 0 Å². The van der Waals surface area contributed by atoms with Crippen LogP contribution in [0.5, 0.6) is 0 Å². The molecular weight excluding hydrogens is 316 g/mol. The Bertz CT molecular complexity index is 528. The number of ether oxygens (including phenoxy) is 1. The summed E-state index contributed by atoms with van der Waals surface area (Å²) in [5.41, 5.74) is 2.87. The molecule has 144 valence electrons. The van der Waals surface area contributed by atoms with Crippen molar-refractivity contribution < 1.29 is 4.74 Å². The molecule has 2 aliphatic carbocycles. The normalized spacial score (nSPS) is 29.9. The molecule has 0 unspecified atom stereocenters. The lowest BCUT2D eigenvalue weighted by atomic mass is 9.68. The average molecular weight is 355 g/mol. The number of rotatable bonds is 7. The van der Waals surface area contributed by atoms with Crippen LogP contribution in [0.3, 0.4) is 0 Å². The summed E-state index contributed by atoms with van der Waals surface area (Å²) in [6.07, 6.45) is 17.3. The lowest BCUT2D eigenvalue weighted by molar-refractivity contribution is 0.121. The summed E-state index contributed by atoms with van der Waals surface area (Å²) in [4.78, 5) is 0. The zero-order chi connectivity index (χ0) is 18.2. The van der Waals surface area contributed by atoms with E-state index in [9.17, 15) is 0 Å². The summed E-state index contributed by atoms with van der Waals surface area (Å²) in [6, 6.07) is 9.27. The number of hydrogen-bond acceptors (Lipinski definition) is 1. The first-order valence-corrected chi connectivity index (χ1v) is 11.1. The molecule has 2 fully saturated rings. The van der Waals surface area contributed by atoms with Crippen LogP contribution in [-0.2, 0) is 11.3 Å². The summed E-state index contributed by atoms with van der Waals surface area (Å²) in [7, 11) is 0. The molecule has 0 saturated heterocycles. The number of hydrogen-bond donors (Lipinski definition) is 0. The molecule has 3 rings (SSSR count). The van der Waals surface area contributed by atoms with Gasteiger partial charge in [0.1, 0.15) is 0 Å². The molecule has 0 atom stereocenters. The lowest BCUT2D eigenvalue weighted by Gasteiger charge is -2.37. The van der Waals surface area contributed by atoms with Gasteiger partial charge in [0.25, 0.3) is 0 Å². The van der Waals surface area contributed by atoms with Crippen LogP contribution in [0.15, 0.2) is 36.4 Å². The predicted molar refractivity (Wildman–Crippen MR) is 111 cm³/mol. The molecule has 0 aliphatic heterocycles. The molecule has 0 spiro atoms. The van der Waals surface area contributed by atoms with Crippen LogP contribution >= 0.6 is 0 Å². The highest BCUT2D eigenvalue weighted by molar-refractivity contribution is 5.25. The minimum absolute atomic E-state index is 0.761. The third kappa shape index (κ3) is 5.46. The van der Waals surface area contributed by atoms with Crippen LogP contribution in [0.2, 0.25) is 0 Å². The first kappa shape index (κ1) is 19.7. The van der Waals surface area contributed by atoms with E-state index in [0.717, 1.165) is 43.3 Å². The molecule has 1 aromatic carbocycles. The van der Waals surface area contributed by atoms with Crippen molar-refractivity contribution >= 4 is 0 Å². The average Bonchev–Trinajstić information content (AvgIpc) is 2.70. The molecular formula is C25H38O. The topological polar surface area (TPSA) is 9.23 Å². The maximum absolute atomic E-state index is 5.65. The maximum atomic E-state index is 5.65. The van der Waals surface area contributed by atoms with Gasteiger partial charge in [-0.3, -0.25) is 0 Å². The van der Waals surface area contributed by atoms with Crippen molar-refractivity contribution in [1.29, 1.82) is 0 Å². The van der Waals surface area contributed by atoms with Crippen LogP contribution in [0.1, 0.15) is 88.7 Å².